The van der Waals surface area contributed by atoms with Crippen LogP contribution in [-0.4, -0.2) is 25.7 Å². The Bertz CT molecular complexity index is 608. The van der Waals surface area contributed by atoms with Gasteiger partial charge in [-0.25, -0.2) is 0 Å². The number of hydrogen-bond donors (Lipinski definition) is 1. The van der Waals surface area contributed by atoms with Crippen LogP contribution in [0.25, 0.3) is 0 Å². The van der Waals surface area contributed by atoms with E-state index in [1.165, 1.54) is 4.88 Å². The van der Waals surface area contributed by atoms with Crippen molar-refractivity contribution in [3.05, 3.63) is 46.2 Å². The summed E-state index contributed by atoms with van der Waals surface area (Å²) in [7, 11) is 1.57. The summed E-state index contributed by atoms with van der Waals surface area (Å²) in [6.07, 6.45) is 0.897. The minimum absolute atomic E-state index is 0.0550. The van der Waals surface area contributed by atoms with Crippen molar-refractivity contribution >= 4 is 17.2 Å². The van der Waals surface area contributed by atoms with Crippen LogP contribution in [0.4, 0.5) is 0 Å². The van der Waals surface area contributed by atoms with E-state index in [0.29, 0.717) is 23.6 Å². The SMILES string of the molecule is COc1cc(C(=O)NCCc2cccs2)ccc1OC(C)C. The highest BCUT2D eigenvalue weighted by Gasteiger charge is 2.12. The average molecular weight is 319 g/mol. The number of carbonyl (C=O) groups is 1. The summed E-state index contributed by atoms with van der Waals surface area (Å²) in [6, 6.07) is 9.31. The van der Waals surface area contributed by atoms with E-state index < -0.39 is 0 Å². The summed E-state index contributed by atoms with van der Waals surface area (Å²) in [5.41, 5.74) is 0.569. The Hall–Kier alpha value is -2.01. The molecular weight excluding hydrogens is 298 g/mol. The van der Waals surface area contributed by atoms with Crippen LogP contribution in [0.1, 0.15) is 29.1 Å². The van der Waals surface area contributed by atoms with Crippen molar-refractivity contribution < 1.29 is 14.3 Å². The van der Waals surface area contributed by atoms with Gasteiger partial charge in [0, 0.05) is 17.0 Å². The zero-order valence-electron chi connectivity index (χ0n) is 13.1. The van der Waals surface area contributed by atoms with E-state index in [4.69, 9.17) is 9.47 Å². The highest BCUT2D eigenvalue weighted by Crippen LogP contribution is 2.28. The first-order valence-electron chi connectivity index (χ1n) is 7.25. The number of thiophene rings is 1. The fourth-order valence-electron chi connectivity index (χ4n) is 2.02. The summed E-state index contributed by atoms with van der Waals surface area (Å²) in [5, 5.41) is 4.96. The Kier molecular flexibility index (Phi) is 5.83. The standard InChI is InChI=1S/C17H21NO3S/c1-12(2)21-15-7-6-13(11-16(15)20-3)17(19)18-9-8-14-5-4-10-22-14/h4-7,10-12H,8-9H2,1-3H3,(H,18,19). The molecule has 0 saturated heterocycles. The average Bonchev–Trinajstić information content (AvgIpc) is 3.00. The molecule has 0 radical (unpaired) electrons. The number of ether oxygens (including phenoxy) is 2. The Morgan fingerprint density at radius 2 is 2.09 bits per heavy atom. The van der Waals surface area contributed by atoms with Crippen LogP contribution in [0.15, 0.2) is 35.7 Å². The smallest absolute Gasteiger partial charge is 0.251 e. The first-order chi connectivity index (χ1) is 10.6. The Morgan fingerprint density at radius 3 is 2.73 bits per heavy atom. The molecular formula is C17H21NO3S. The van der Waals surface area contributed by atoms with Crippen LogP contribution >= 0.6 is 11.3 Å². The van der Waals surface area contributed by atoms with Gasteiger partial charge in [0.05, 0.1) is 13.2 Å². The summed E-state index contributed by atoms with van der Waals surface area (Å²) in [6.45, 7) is 4.52. The molecule has 0 aliphatic rings. The number of benzene rings is 1. The van der Waals surface area contributed by atoms with E-state index in [2.05, 4.69) is 11.4 Å². The van der Waals surface area contributed by atoms with Gasteiger partial charge in [-0.05, 0) is 49.9 Å². The molecule has 118 valence electrons. The molecule has 4 nitrogen and oxygen atoms in total. The molecule has 0 atom stereocenters. The summed E-state index contributed by atoms with van der Waals surface area (Å²) in [4.78, 5) is 13.4. The largest absolute Gasteiger partial charge is 0.493 e. The normalized spacial score (nSPS) is 10.5. The fraction of sp³-hybridized carbons (Fsp3) is 0.353. The van der Waals surface area contributed by atoms with E-state index in [0.717, 1.165) is 6.42 Å². The molecule has 2 aromatic rings. The molecule has 1 heterocycles. The molecule has 0 fully saturated rings. The van der Waals surface area contributed by atoms with Gasteiger partial charge in [0.25, 0.3) is 5.91 Å². The van der Waals surface area contributed by atoms with Crippen LogP contribution in [0.2, 0.25) is 0 Å². The molecule has 1 aromatic heterocycles. The lowest BCUT2D eigenvalue weighted by Crippen LogP contribution is -2.25. The van der Waals surface area contributed by atoms with Crippen LogP contribution in [0.3, 0.4) is 0 Å². The van der Waals surface area contributed by atoms with Gasteiger partial charge in [-0.2, -0.15) is 0 Å². The maximum Gasteiger partial charge on any atom is 0.251 e. The molecule has 0 unspecified atom stereocenters. The lowest BCUT2D eigenvalue weighted by Gasteiger charge is -2.14. The van der Waals surface area contributed by atoms with E-state index in [-0.39, 0.29) is 12.0 Å². The van der Waals surface area contributed by atoms with Crippen LogP contribution in [0.5, 0.6) is 11.5 Å². The summed E-state index contributed by atoms with van der Waals surface area (Å²) in [5.74, 6) is 1.11. The molecule has 5 heteroatoms. The molecule has 22 heavy (non-hydrogen) atoms. The maximum atomic E-state index is 12.2. The van der Waals surface area contributed by atoms with Crippen molar-refractivity contribution in [2.24, 2.45) is 0 Å². The molecule has 0 spiro atoms. The van der Waals surface area contributed by atoms with Gasteiger partial charge in [0.1, 0.15) is 0 Å². The Balaban J connectivity index is 1.97. The van der Waals surface area contributed by atoms with Gasteiger partial charge in [0.15, 0.2) is 11.5 Å². The third-order valence-electron chi connectivity index (χ3n) is 3.03. The van der Waals surface area contributed by atoms with Crippen molar-refractivity contribution in [3.63, 3.8) is 0 Å². The topological polar surface area (TPSA) is 47.6 Å². The van der Waals surface area contributed by atoms with E-state index in [1.807, 2.05) is 25.3 Å². The molecule has 0 saturated carbocycles. The van der Waals surface area contributed by atoms with Crippen molar-refractivity contribution in [2.45, 2.75) is 26.4 Å². The van der Waals surface area contributed by atoms with E-state index in [1.54, 1.807) is 36.6 Å². The Labute approximate surface area is 135 Å². The minimum atomic E-state index is -0.106. The number of methoxy groups -OCH3 is 1. The maximum absolute atomic E-state index is 12.2. The lowest BCUT2D eigenvalue weighted by molar-refractivity contribution is 0.0953. The fourth-order valence-corrected chi connectivity index (χ4v) is 2.73. The lowest BCUT2D eigenvalue weighted by atomic mass is 10.2. The third-order valence-corrected chi connectivity index (χ3v) is 3.96. The number of rotatable bonds is 7. The molecule has 0 bridgehead atoms. The third kappa shape index (κ3) is 4.49. The predicted octanol–water partition coefficient (Wildman–Crippen LogP) is 3.52. The molecule has 0 aliphatic carbocycles. The second-order valence-electron chi connectivity index (χ2n) is 5.12. The zero-order chi connectivity index (χ0) is 15.9. The van der Waals surface area contributed by atoms with Gasteiger partial charge in [-0.3, -0.25) is 4.79 Å². The van der Waals surface area contributed by atoms with Crippen LogP contribution in [-0.2, 0) is 6.42 Å². The molecule has 1 aromatic carbocycles. The van der Waals surface area contributed by atoms with E-state index >= 15 is 0 Å². The molecule has 1 N–H and O–H groups in total. The van der Waals surface area contributed by atoms with Crippen molar-refractivity contribution in [2.75, 3.05) is 13.7 Å². The minimum Gasteiger partial charge on any atom is -0.493 e. The molecule has 1 amide bonds. The van der Waals surface area contributed by atoms with Gasteiger partial charge in [-0.15, -0.1) is 11.3 Å². The van der Waals surface area contributed by atoms with Crippen molar-refractivity contribution in [3.8, 4) is 11.5 Å². The number of amides is 1. The van der Waals surface area contributed by atoms with Gasteiger partial charge < -0.3 is 14.8 Å². The summed E-state index contributed by atoms with van der Waals surface area (Å²) >= 11 is 1.70. The number of carbonyl (C=O) groups excluding carboxylic acids is 1. The second-order valence-corrected chi connectivity index (χ2v) is 6.15. The van der Waals surface area contributed by atoms with Crippen LogP contribution in [0, 0.1) is 0 Å². The first-order valence-corrected chi connectivity index (χ1v) is 8.13. The molecule has 0 aliphatic heterocycles. The van der Waals surface area contributed by atoms with Crippen molar-refractivity contribution in [1.29, 1.82) is 0 Å². The monoisotopic (exact) mass is 319 g/mol. The zero-order valence-corrected chi connectivity index (χ0v) is 13.9. The summed E-state index contributed by atoms with van der Waals surface area (Å²) < 4.78 is 10.9. The van der Waals surface area contributed by atoms with Crippen molar-refractivity contribution in [1.82, 2.24) is 5.32 Å². The second kappa shape index (κ2) is 7.84. The molecule has 2 rings (SSSR count). The Morgan fingerprint density at radius 1 is 1.27 bits per heavy atom. The van der Waals surface area contributed by atoms with Gasteiger partial charge in [-0.1, -0.05) is 6.07 Å². The van der Waals surface area contributed by atoms with Crippen LogP contribution < -0.4 is 14.8 Å². The van der Waals surface area contributed by atoms with Gasteiger partial charge >= 0.3 is 0 Å². The number of hydrogen-bond acceptors (Lipinski definition) is 4. The predicted molar refractivity (Wildman–Crippen MR) is 89.1 cm³/mol. The first kappa shape index (κ1) is 16.4. The highest BCUT2D eigenvalue weighted by molar-refractivity contribution is 7.09. The quantitative estimate of drug-likeness (QED) is 0.849. The highest BCUT2D eigenvalue weighted by atomic mass is 32.1. The number of nitrogens with one attached hydrogen (secondary N) is 1. The van der Waals surface area contributed by atoms with Gasteiger partial charge in [0.2, 0.25) is 0 Å². The van der Waals surface area contributed by atoms with E-state index in [9.17, 15) is 4.79 Å².